The molecular weight excluding hydrogens is 256 g/mol. The molecule has 5 heteroatoms. The molecule has 0 bridgehead atoms. The number of benzene rings is 1. The van der Waals surface area contributed by atoms with Crippen molar-refractivity contribution in [2.24, 2.45) is 0 Å². The number of anilines is 1. The third-order valence-electron chi connectivity index (χ3n) is 3.54. The fourth-order valence-electron chi connectivity index (χ4n) is 2.81. The highest BCUT2D eigenvalue weighted by Crippen LogP contribution is 2.25. The van der Waals surface area contributed by atoms with Gasteiger partial charge in [0.2, 0.25) is 0 Å². The Balaban J connectivity index is 2.03. The smallest absolute Gasteiger partial charge is 0.0940 e. The summed E-state index contributed by atoms with van der Waals surface area (Å²) in [6.45, 7) is 5.79. The molecule has 1 fully saturated rings. The topological polar surface area (TPSA) is 79.0 Å². The first kappa shape index (κ1) is 15.3. The van der Waals surface area contributed by atoms with Crippen molar-refractivity contribution in [3.05, 3.63) is 29.8 Å². The van der Waals surface area contributed by atoms with Crippen LogP contribution in [0.5, 0.6) is 0 Å². The number of aliphatic hydroxyl groups excluding tert-OH is 2. The molecule has 0 radical (unpaired) electrons. The zero-order valence-corrected chi connectivity index (χ0v) is 12.1. The van der Waals surface area contributed by atoms with E-state index in [1.165, 1.54) is 0 Å². The number of nitrogen functional groups attached to an aromatic ring is 1. The lowest BCUT2D eigenvalue weighted by molar-refractivity contribution is -0.153. The maximum absolute atomic E-state index is 10.4. The monoisotopic (exact) mass is 280 g/mol. The van der Waals surface area contributed by atoms with Gasteiger partial charge in [-0.05, 0) is 19.9 Å². The fraction of sp³-hybridized carbons (Fsp3) is 0.600. The Morgan fingerprint density at radius 2 is 2.15 bits per heavy atom. The fourth-order valence-corrected chi connectivity index (χ4v) is 2.81. The van der Waals surface area contributed by atoms with Crippen molar-refractivity contribution in [2.45, 2.75) is 31.7 Å². The van der Waals surface area contributed by atoms with Gasteiger partial charge in [-0.3, -0.25) is 4.90 Å². The molecule has 112 valence electrons. The lowest BCUT2D eigenvalue weighted by atomic mass is 10.0. The van der Waals surface area contributed by atoms with Crippen molar-refractivity contribution in [1.82, 2.24) is 4.90 Å². The summed E-state index contributed by atoms with van der Waals surface area (Å²) in [5.41, 5.74) is 6.91. The molecule has 0 aliphatic carbocycles. The van der Waals surface area contributed by atoms with Crippen LogP contribution in [0.2, 0.25) is 0 Å². The van der Waals surface area contributed by atoms with Crippen molar-refractivity contribution in [1.29, 1.82) is 0 Å². The van der Waals surface area contributed by atoms with Gasteiger partial charge in [0.25, 0.3) is 0 Å². The van der Waals surface area contributed by atoms with Crippen LogP contribution in [0.3, 0.4) is 0 Å². The van der Waals surface area contributed by atoms with E-state index in [0.29, 0.717) is 25.3 Å². The number of rotatable bonds is 4. The number of nitrogens with zero attached hydrogens (tertiary/aromatic N) is 1. The van der Waals surface area contributed by atoms with Crippen molar-refractivity contribution in [2.75, 3.05) is 32.0 Å². The molecular formula is C15H24N2O3. The molecule has 0 saturated carbocycles. The van der Waals surface area contributed by atoms with Crippen molar-refractivity contribution in [3.8, 4) is 0 Å². The van der Waals surface area contributed by atoms with Crippen LogP contribution in [0.25, 0.3) is 0 Å². The van der Waals surface area contributed by atoms with E-state index >= 15 is 0 Å². The third-order valence-corrected chi connectivity index (χ3v) is 3.54. The predicted molar refractivity (Wildman–Crippen MR) is 78.3 cm³/mol. The maximum Gasteiger partial charge on any atom is 0.0940 e. The van der Waals surface area contributed by atoms with E-state index in [9.17, 15) is 10.2 Å². The van der Waals surface area contributed by atoms with E-state index in [4.69, 9.17) is 10.5 Å². The van der Waals surface area contributed by atoms with Crippen molar-refractivity contribution < 1.29 is 14.9 Å². The number of β-amino-alcohol motifs (C(OH)–C–C–N with tert-alkyl or cyclic N) is 1. The van der Waals surface area contributed by atoms with Crippen LogP contribution in [0.1, 0.15) is 25.5 Å². The third kappa shape index (κ3) is 3.70. The summed E-state index contributed by atoms with van der Waals surface area (Å²) in [7, 11) is 0. The first-order valence-corrected chi connectivity index (χ1v) is 6.95. The van der Waals surface area contributed by atoms with Gasteiger partial charge in [-0.15, -0.1) is 0 Å². The summed E-state index contributed by atoms with van der Waals surface area (Å²) in [6, 6.07) is 7.35. The molecule has 2 unspecified atom stereocenters. The summed E-state index contributed by atoms with van der Waals surface area (Å²) >= 11 is 0. The average molecular weight is 280 g/mol. The molecule has 4 N–H and O–H groups in total. The Labute approximate surface area is 120 Å². The summed E-state index contributed by atoms with van der Waals surface area (Å²) < 4.78 is 5.77. The van der Waals surface area contributed by atoms with Gasteiger partial charge in [-0.25, -0.2) is 0 Å². The Bertz CT molecular complexity index is 450. The second-order valence-electron chi connectivity index (χ2n) is 6.02. The van der Waals surface area contributed by atoms with Gasteiger partial charge in [0, 0.05) is 30.9 Å². The molecule has 20 heavy (non-hydrogen) atoms. The molecule has 0 amide bonds. The first-order valence-electron chi connectivity index (χ1n) is 6.95. The molecule has 0 aromatic heterocycles. The first-order chi connectivity index (χ1) is 9.41. The van der Waals surface area contributed by atoms with Gasteiger partial charge in [0.15, 0.2) is 0 Å². The number of ether oxygens (including phenoxy) is 1. The van der Waals surface area contributed by atoms with Crippen LogP contribution < -0.4 is 5.73 Å². The number of hydrogen-bond donors (Lipinski definition) is 3. The van der Waals surface area contributed by atoms with Crippen LogP contribution in [-0.2, 0) is 4.74 Å². The average Bonchev–Trinajstić information content (AvgIpc) is 2.37. The number of nitrogens with two attached hydrogens (primary N) is 1. The molecule has 1 aliphatic heterocycles. The van der Waals surface area contributed by atoms with Crippen molar-refractivity contribution >= 4 is 5.69 Å². The largest absolute Gasteiger partial charge is 0.398 e. The van der Waals surface area contributed by atoms with Crippen LogP contribution in [0.15, 0.2) is 24.3 Å². The normalized spacial score (nSPS) is 24.5. The van der Waals surface area contributed by atoms with E-state index < -0.39 is 6.10 Å². The van der Waals surface area contributed by atoms with E-state index in [1.54, 1.807) is 6.07 Å². The number of hydrogen-bond acceptors (Lipinski definition) is 5. The minimum absolute atomic E-state index is 0.0104. The van der Waals surface area contributed by atoms with E-state index in [-0.39, 0.29) is 18.3 Å². The number of para-hydroxylation sites is 1. The standard InChI is InChI=1S/C15H24N2O3/c1-15(2)10-17(7-11(9-18)20-15)8-14(19)12-5-3-4-6-13(12)16/h3-6,11,14,18-19H,7-10,16H2,1-2H3. The van der Waals surface area contributed by atoms with E-state index in [0.717, 1.165) is 5.56 Å². The second kappa shape index (κ2) is 6.10. The summed E-state index contributed by atoms with van der Waals surface area (Å²) in [6.07, 6.45) is -0.844. The molecule has 0 spiro atoms. The van der Waals surface area contributed by atoms with Crippen LogP contribution in [0.4, 0.5) is 5.69 Å². The number of morpholine rings is 1. The van der Waals surface area contributed by atoms with Gasteiger partial charge < -0.3 is 20.7 Å². The minimum atomic E-state index is -0.635. The molecule has 1 aliphatic rings. The molecule has 5 nitrogen and oxygen atoms in total. The Morgan fingerprint density at radius 3 is 2.80 bits per heavy atom. The zero-order chi connectivity index (χ0) is 14.8. The molecule has 2 rings (SSSR count). The maximum atomic E-state index is 10.4. The second-order valence-corrected chi connectivity index (χ2v) is 6.02. The molecule has 1 saturated heterocycles. The van der Waals surface area contributed by atoms with Gasteiger partial charge in [0.1, 0.15) is 0 Å². The Hall–Kier alpha value is -1.14. The number of aliphatic hydroxyl groups is 2. The van der Waals surface area contributed by atoms with E-state index in [1.807, 2.05) is 32.0 Å². The molecule has 2 atom stereocenters. The predicted octanol–water partition coefficient (Wildman–Crippen LogP) is 0.774. The zero-order valence-electron chi connectivity index (χ0n) is 12.1. The molecule has 1 aromatic rings. The highest BCUT2D eigenvalue weighted by Gasteiger charge is 2.33. The molecule has 1 heterocycles. The Kier molecular flexibility index (Phi) is 4.65. The van der Waals surface area contributed by atoms with Gasteiger partial charge in [0.05, 0.1) is 24.4 Å². The lowest BCUT2D eigenvalue weighted by Crippen LogP contribution is -2.54. The Morgan fingerprint density at radius 1 is 1.45 bits per heavy atom. The summed E-state index contributed by atoms with van der Waals surface area (Å²) in [4.78, 5) is 2.11. The van der Waals surface area contributed by atoms with Crippen LogP contribution >= 0.6 is 0 Å². The minimum Gasteiger partial charge on any atom is -0.398 e. The van der Waals surface area contributed by atoms with Crippen LogP contribution in [0, 0.1) is 0 Å². The summed E-state index contributed by atoms with van der Waals surface area (Å²) in [5, 5.41) is 19.7. The SMILES string of the molecule is CC1(C)CN(CC(O)c2ccccc2N)CC(CO)O1. The van der Waals surface area contributed by atoms with E-state index in [2.05, 4.69) is 4.90 Å². The van der Waals surface area contributed by atoms with Gasteiger partial charge >= 0.3 is 0 Å². The summed E-state index contributed by atoms with van der Waals surface area (Å²) in [5.74, 6) is 0. The quantitative estimate of drug-likeness (QED) is 0.710. The highest BCUT2D eigenvalue weighted by atomic mass is 16.5. The highest BCUT2D eigenvalue weighted by molar-refractivity contribution is 5.47. The van der Waals surface area contributed by atoms with Gasteiger partial charge in [-0.1, -0.05) is 18.2 Å². The van der Waals surface area contributed by atoms with Gasteiger partial charge in [-0.2, -0.15) is 0 Å². The van der Waals surface area contributed by atoms with Crippen LogP contribution in [-0.4, -0.2) is 53.1 Å². The molecule has 1 aromatic carbocycles. The lowest BCUT2D eigenvalue weighted by Gasteiger charge is -2.43. The van der Waals surface area contributed by atoms with Crippen molar-refractivity contribution in [3.63, 3.8) is 0 Å².